The van der Waals surface area contributed by atoms with E-state index in [0.717, 1.165) is 24.6 Å². The van der Waals surface area contributed by atoms with Gasteiger partial charge in [-0.2, -0.15) is 0 Å². The van der Waals surface area contributed by atoms with Gasteiger partial charge >= 0.3 is 0 Å². The number of nitrogens with zero attached hydrogens (tertiary/aromatic N) is 1. The highest BCUT2D eigenvalue weighted by Gasteiger charge is 2.25. The molecule has 1 aromatic heterocycles. The highest BCUT2D eigenvalue weighted by molar-refractivity contribution is 7.80. The topological polar surface area (TPSA) is 15.3 Å². The molecule has 0 radical (unpaired) electrons. The third kappa shape index (κ3) is 2.80. The first kappa shape index (κ1) is 12.8. The zero-order valence-corrected chi connectivity index (χ0v) is 12.2. The van der Waals surface area contributed by atoms with E-state index < -0.39 is 0 Å². The molecule has 0 fully saturated rings. The van der Waals surface area contributed by atoms with Gasteiger partial charge in [-0.1, -0.05) is 13.3 Å². The van der Waals surface area contributed by atoms with Crippen molar-refractivity contribution < 1.29 is 0 Å². The van der Waals surface area contributed by atoms with E-state index in [1.54, 1.807) is 0 Å². The van der Waals surface area contributed by atoms with Crippen LogP contribution in [0.25, 0.3) is 0 Å². The van der Waals surface area contributed by atoms with Crippen molar-refractivity contribution in [3.8, 4) is 0 Å². The zero-order valence-electron chi connectivity index (χ0n) is 10.5. The van der Waals surface area contributed by atoms with Gasteiger partial charge in [-0.3, -0.25) is 0 Å². The van der Waals surface area contributed by atoms with E-state index >= 15 is 0 Å². The first-order valence-electron chi connectivity index (χ1n) is 6.34. The van der Waals surface area contributed by atoms with Gasteiger partial charge in [0, 0.05) is 18.0 Å². The molecule has 1 aromatic rings. The van der Waals surface area contributed by atoms with Crippen molar-refractivity contribution in [2.45, 2.75) is 39.2 Å². The van der Waals surface area contributed by atoms with Gasteiger partial charge < -0.3 is 10.2 Å². The lowest BCUT2D eigenvalue weighted by Gasteiger charge is -2.35. The van der Waals surface area contributed by atoms with E-state index in [9.17, 15) is 0 Å². The number of fused-ring (bicyclic) bond motifs is 1. The highest BCUT2D eigenvalue weighted by Crippen LogP contribution is 2.32. The average Bonchev–Trinajstić information content (AvgIpc) is 2.78. The van der Waals surface area contributed by atoms with Crippen LogP contribution in [0.1, 0.15) is 43.2 Å². The van der Waals surface area contributed by atoms with Crippen molar-refractivity contribution in [2.24, 2.45) is 0 Å². The lowest BCUT2D eigenvalue weighted by Crippen LogP contribution is -2.44. The third-order valence-electron chi connectivity index (χ3n) is 3.34. The number of hydrogen-bond donors (Lipinski definition) is 1. The molecule has 0 saturated heterocycles. The van der Waals surface area contributed by atoms with Crippen LogP contribution in [0.5, 0.6) is 0 Å². The number of thiocarbonyl (C=S) groups is 1. The Morgan fingerprint density at radius 2 is 2.47 bits per heavy atom. The fourth-order valence-electron chi connectivity index (χ4n) is 2.26. The molecule has 1 aliphatic rings. The number of hydrogen-bond acceptors (Lipinski definition) is 2. The van der Waals surface area contributed by atoms with E-state index in [0.29, 0.717) is 6.04 Å². The standard InChI is InChI=1S/C13H20N2S2/c1-3-4-7-14-13(16)15-8-5-12-11(10(15)2)6-9-17-12/h6,9-10H,3-5,7-8H2,1-2H3,(H,14,16). The summed E-state index contributed by atoms with van der Waals surface area (Å²) in [4.78, 5) is 3.85. The van der Waals surface area contributed by atoms with Crippen LogP contribution in [-0.4, -0.2) is 23.1 Å². The van der Waals surface area contributed by atoms with Crippen molar-refractivity contribution >= 4 is 28.7 Å². The SMILES string of the molecule is CCCCNC(=S)N1CCc2sccc2C1C. The molecule has 1 atom stereocenters. The summed E-state index contributed by atoms with van der Waals surface area (Å²) in [6, 6.07) is 2.66. The minimum atomic E-state index is 0.423. The number of thiophene rings is 1. The largest absolute Gasteiger partial charge is 0.363 e. The molecular formula is C13H20N2S2. The predicted molar refractivity (Wildman–Crippen MR) is 78.7 cm³/mol. The van der Waals surface area contributed by atoms with Crippen LogP contribution in [0, 0.1) is 0 Å². The Labute approximate surface area is 113 Å². The third-order valence-corrected chi connectivity index (χ3v) is 4.72. The van der Waals surface area contributed by atoms with E-state index in [-0.39, 0.29) is 0 Å². The summed E-state index contributed by atoms with van der Waals surface area (Å²) in [6.45, 7) is 6.49. The Kier molecular flexibility index (Phi) is 4.40. The Morgan fingerprint density at radius 3 is 3.24 bits per heavy atom. The Morgan fingerprint density at radius 1 is 1.65 bits per heavy atom. The molecule has 1 N–H and O–H groups in total. The van der Waals surface area contributed by atoms with Gasteiger partial charge in [-0.05, 0) is 49.0 Å². The van der Waals surface area contributed by atoms with Gasteiger partial charge in [-0.15, -0.1) is 11.3 Å². The van der Waals surface area contributed by atoms with Crippen molar-refractivity contribution in [1.82, 2.24) is 10.2 Å². The van der Waals surface area contributed by atoms with Crippen molar-refractivity contribution in [3.05, 3.63) is 21.9 Å². The lowest BCUT2D eigenvalue weighted by molar-refractivity contribution is 0.317. The van der Waals surface area contributed by atoms with E-state index in [4.69, 9.17) is 12.2 Å². The molecule has 0 aromatic carbocycles. The van der Waals surface area contributed by atoms with E-state index in [1.807, 2.05) is 11.3 Å². The molecule has 4 heteroatoms. The summed E-state index contributed by atoms with van der Waals surface area (Å²) >= 11 is 7.36. The molecule has 94 valence electrons. The molecule has 0 amide bonds. The van der Waals surface area contributed by atoms with Gasteiger partial charge in [0.15, 0.2) is 5.11 Å². The van der Waals surface area contributed by atoms with Crippen LogP contribution in [-0.2, 0) is 6.42 Å². The van der Waals surface area contributed by atoms with Crippen LogP contribution in [0.3, 0.4) is 0 Å². The zero-order chi connectivity index (χ0) is 12.3. The molecule has 0 bridgehead atoms. The molecule has 0 spiro atoms. The van der Waals surface area contributed by atoms with E-state index in [1.165, 1.54) is 23.3 Å². The first-order valence-corrected chi connectivity index (χ1v) is 7.63. The number of nitrogens with one attached hydrogen (secondary N) is 1. The van der Waals surface area contributed by atoms with Gasteiger partial charge in [0.2, 0.25) is 0 Å². The van der Waals surface area contributed by atoms with Crippen molar-refractivity contribution in [1.29, 1.82) is 0 Å². The molecule has 17 heavy (non-hydrogen) atoms. The summed E-state index contributed by atoms with van der Waals surface area (Å²) in [5.74, 6) is 0. The maximum absolute atomic E-state index is 5.49. The first-order chi connectivity index (χ1) is 8.24. The van der Waals surface area contributed by atoms with Crippen molar-refractivity contribution in [3.63, 3.8) is 0 Å². The fraction of sp³-hybridized carbons (Fsp3) is 0.615. The van der Waals surface area contributed by atoms with Crippen molar-refractivity contribution in [2.75, 3.05) is 13.1 Å². The number of unbranched alkanes of at least 4 members (excludes halogenated alkanes) is 1. The summed E-state index contributed by atoms with van der Waals surface area (Å²) in [5.41, 5.74) is 1.46. The normalized spacial score (nSPS) is 18.9. The second-order valence-corrected chi connectivity index (χ2v) is 5.89. The van der Waals surface area contributed by atoms with Crippen LogP contribution in [0.4, 0.5) is 0 Å². The lowest BCUT2D eigenvalue weighted by atomic mass is 10.0. The summed E-state index contributed by atoms with van der Waals surface area (Å²) in [5, 5.41) is 6.48. The van der Waals surface area contributed by atoms with Crippen LogP contribution in [0.2, 0.25) is 0 Å². The van der Waals surface area contributed by atoms with Crippen LogP contribution >= 0.6 is 23.6 Å². The smallest absolute Gasteiger partial charge is 0.169 e. The molecule has 0 saturated carbocycles. The van der Waals surface area contributed by atoms with Gasteiger partial charge in [0.25, 0.3) is 0 Å². The predicted octanol–water partition coefficient (Wildman–Crippen LogP) is 3.34. The van der Waals surface area contributed by atoms with E-state index in [2.05, 4.69) is 35.5 Å². The summed E-state index contributed by atoms with van der Waals surface area (Å²) in [6.07, 6.45) is 3.53. The molecular weight excluding hydrogens is 248 g/mol. The quantitative estimate of drug-likeness (QED) is 0.668. The molecule has 2 nitrogen and oxygen atoms in total. The maximum atomic E-state index is 5.49. The average molecular weight is 268 g/mol. The Bertz CT molecular complexity index is 387. The molecule has 1 aliphatic heterocycles. The maximum Gasteiger partial charge on any atom is 0.169 e. The summed E-state index contributed by atoms with van der Waals surface area (Å²) in [7, 11) is 0. The van der Waals surface area contributed by atoms with Gasteiger partial charge in [0.1, 0.15) is 0 Å². The highest BCUT2D eigenvalue weighted by atomic mass is 32.1. The minimum absolute atomic E-state index is 0.423. The summed E-state index contributed by atoms with van der Waals surface area (Å²) < 4.78 is 0. The number of rotatable bonds is 3. The molecule has 1 unspecified atom stereocenters. The monoisotopic (exact) mass is 268 g/mol. The van der Waals surface area contributed by atoms with Crippen LogP contribution < -0.4 is 5.32 Å². The second kappa shape index (κ2) is 5.83. The Hall–Kier alpha value is -0.610. The Balaban J connectivity index is 1.97. The molecule has 2 heterocycles. The van der Waals surface area contributed by atoms with Gasteiger partial charge in [-0.25, -0.2) is 0 Å². The molecule has 0 aliphatic carbocycles. The minimum Gasteiger partial charge on any atom is -0.363 e. The fourth-order valence-corrected chi connectivity index (χ4v) is 3.57. The molecule has 2 rings (SSSR count). The van der Waals surface area contributed by atoms with Crippen LogP contribution in [0.15, 0.2) is 11.4 Å². The second-order valence-electron chi connectivity index (χ2n) is 4.50. The van der Waals surface area contributed by atoms with Gasteiger partial charge in [0.05, 0.1) is 6.04 Å².